The first-order chi connectivity index (χ1) is 34.0. The van der Waals surface area contributed by atoms with E-state index in [2.05, 4.69) is 42.6 Å². The summed E-state index contributed by atoms with van der Waals surface area (Å²) in [5.74, 6) is -0.212. The highest BCUT2D eigenvalue weighted by Gasteiger charge is 2.23. The van der Waals surface area contributed by atoms with Gasteiger partial charge in [0.15, 0.2) is 0 Å². The number of nitrogens with one attached hydrogen (secondary N) is 1. The molecule has 3 atom stereocenters. The summed E-state index contributed by atoms with van der Waals surface area (Å²) in [7, 11) is 1.24. The molecule has 2 N–H and O–H groups in total. The van der Waals surface area contributed by atoms with Crippen LogP contribution in [-0.2, 0) is 18.4 Å². The minimum Gasteiger partial charge on any atom is -0.756 e. The molecule has 3 unspecified atom stereocenters. The number of carbonyl (C=O) groups excluding carboxylic acids is 1. The zero-order valence-corrected chi connectivity index (χ0v) is 47.9. The van der Waals surface area contributed by atoms with Crippen molar-refractivity contribution in [2.75, 3.05) is 40.9 Å². The molecule has 0 aliphatic carbocycles. The van der Waals surface area contributed by atoms with Crippen LogP contribution >= 0.6 is 7.82 Å². The summed E-state index contributed by atoms with van der Waals surface area (Å²) in [5, 5.41) is 13.7. The Morgan fingerprint density at radius 1 is 0.514 bits per heavy atom. The van der Waals surface area contributed by atoms with Crippen molar-refractivity contribution in [3.63, 3.8) is 0 Å². The number of aliphatic hydroxyl groups excluding tert-OH is 1. The third-order valence-corrected chi connectivity index (χ3v) is 14.5. The summed E-state index contributed by atoms with van der Waals surface area (Å²) in [6, 6.07) is -0.907. The Morgan fingerprint density at radius 3 is 1.24 bits per heavy atom. The van der Waals surface area contributed by atoms with Gasteiger partial charge in [-0.05, 0) is 64.7 Å². The normalized spacial score (nSPS) is 14.2. The van der Waals surface area contributed by atoms with E-state index < -0.39 is 26.6 Å². The van der Waals surface area contributed by atoms with E-state index >= 15 is 0 Å². The predicted molar refractivity (Wildman–Crippen MR) is 302 cm³/mol. The van der Waals surface area contributed by atoms with Gasteiger partial charge in [0.05, 0.1) is 39.9 Å². The molecule has 8 nitrogen and oxygen atoms in total. The van der Waals surface area contributed by atoms with Crippen molar-refractivity contribution in [3.05, 3.63) is 48.6 Å². The first-order valence-electron chi connectivity index (χ1n) is 30.0. The lowest BCUT2D eigenvalue weighted by Gasteiger charge is -2.29. The van der Waals surface area contributed by atoms with Gasteiger partial charge in [0.25, 0.3) is 7.82 Å². The lowest BCUT2D eigenvalue weighted by molar-refractivity contribution is -0.870. The van der Waals surface area contributed by atoms with Gasteiger partial charge >= 0.3 is 0 Å². The molecule has 9 heteroatoms. The third-order valence-electron chi connectivity index (χ3n) is 13.6. The molecular formula is C61H117N2O6P. The number of quaternary nitrogens is 1. The molecule has 0 saturated carbocycles. The molecule has 0 rings (SSSR count). The van der Waals surface area contributed by atoms with Crippen LogP contribution in [0.2, 0.25) is 0 Å². The Balaban J connectivity index is 3.80. The SMILES string of the molecule is C/C=C/CC/C=C/CC/C=C/C(O)C(COP(=O)([O-])OCC[N+](C)(C)C)NC(=O)CCCCCCCCCCCCCCCCCCC/C=C\CCCCCCCCCCCCCCCCCCCC. The molecule has 0 aliphatic rings. The molecule has 0 aromatic heterocycles. The monoisotopic (exact) mass is 1000 g/mol. The number of hydrogen-bond acceptors (Lipinski definition) is 6. The van der Waals surface area contributed by atoms with Gasteiger partial charge in [-0.1, -0.05) is 261 Å². The van der Waals surface area contributed by atoms with Crippen LogP contribution in [0.1, 0.15) is 284 Å². The second-order valence-corrected chi connectivity index (χ2v) is 23.1. The van der Waals surface area contributed by atoms with Crippen LogP contribution in [0, 0.1) is 0 Å². The van der Waals surface area contributed by atoms with E-state index in [1.807, 2.05) is 40.2 Å². The summed E-state index contributed by atoms with van der Waals surface area (Å²) in [4.78, 5) is 25.3. The largest absolute Gasteiger partial charge is 0.756 e. The first kappa shape index (κ1) is 68.5. The minimum atomic E-state index is -4.60. The Labute approximate surface area is 435 Å². The number of nitrogens with zero attached hydrogens (tertiary/aromatic N) is 1. The fraction of sp³-hybridized carbons (Fsp3) is 0.852. The molecule has 412 valence electrons. The summed E-state index contributed by atoms with van der Waals surface area (Å²) in [5.41, 5.74) is 0. The maximum absolute atomic E-state index is 12.9. The number of unbranched alkanes of at least 4 members (excludes halogenated alkanes) is 37. The molecule has 0 spiro atoms. The number of hydrogen-bond donors (Lipinski definition) is 2. The van der Waals surface area contributed by atoms with Gasteiger partial charge < -0.3 is 28.8 Å². The van der Waals surface area contributed by atoms with Crippen LogP contribution in [0.15, 0.2) is 48.6 Å². The highest BCUT2D eigenvalue weighted by molar-refractivity contribution is 7.45. The van der Waals surface area contributed by atoms with Gasteiger partial charge in [0, 0.05) is 6.42 Å². The van der Waals surface area contributed by atoms with Crippen molar-refractivity contribution in [1.29, 1.82) is 0 Å². The van der Waals surface area contributed by atoms with E-state index in [1.54, 1.807) is 6.08 Å². The molecular weight excluding hydrogens is 888 g/mol. The van der Waals surface area contributed by atoms with E-state index in [1.165, 1.54) is 218 Å². The van der Waals surface area contributed by atoms with Crippen LogP contribution in [0.25, 0.3) is 0 Å². The van der Waals surface area contributed by atoms with Crippen molar-refractivity contribution in [2.45, 2.75) is 296 Å². The summed E-state index contributed by atoms with van der Waals surface area (Å²) < 4.78 is 23.2. The van der Waals surface area contributed by atoms with E-state index in [0.29, 0.717) is 17.4 Å². The standard InChI is InChI=1S/C61H117N2O6P/c1-6-8-10-12-14-16-17-18-19-20-21-22-23-24-25-26-27-28-29-30-31-32-33-34-35-36-37-38-39-40-41-42-43-44-45-47-49-51-53-55-61(65)62-59(58-69-70(66,67)68-57-56-63(3,4)5)60(64)54-52-50-48-46-15-13-11-9-7-2/h7,9,15,30-31,46,52,54,59-60,64H,6,8,10-14,16-29,32-45,47-51,53,55-58H2,1-5H3,(H-,62,65,66,67)/b9-7+,31-30-,46-15+,54-52+. The molecule has 0 aromatic carbocycles. The zero-order valence-electron chi connectivity index (χ0n) is 47.0. The van der Waals surface area contributed by atoms with Gasteiger partial charge in [0.1, 0.15) is 13.2 Å². The molecule has 0 heterocycles. The molecule has 70 heavy (non-hydrogen) atoms. The predicted octanol–water partition coefficient (Wildman–Crippen LogP) is 17.7. The highest BCUT2D eigenvalue weighted by Crippen LogP contribution is 2.38. The number of allylic oxidation sites excluding steroid dienone is 7. The van der Waals surface area contributed by atoms with Gasteiger partial charge in [-0.2, -0.15) is 0 Å². The number of aliphatic hydroxyl groups is 1. The van der Waals surface area contributed by atoms with Crippen LogP contribution in [0.3, 0.4) is 0 Å². The van der Waals surface area contributed by atoms with Crippen molar-refractivity contribution in [2.24, 2.45) is 0 Å². The van der Waals surface area contributed by atoms with E-state index in [9.17, 15) is 19.4 Å². The number of likely N-dealkylation sites (N-methyl/N-ethyl adjacent to an activating group) is 1. The average molecular weight is 1010 g/mol. The van der Waals surface area contributed by atoms with E-state index in [-0.39, 0.29) is 12.5 Å². The highest BCUT2D eigenvalue weighted by atomic mass is 31.2. The summed E-state index contributed by atoms with van der Waals surface area (Å²) >= 11 is 0. The number of phosphoric ester groups is 1. The maximum Gasteiger partial charge on any atom is 0.268 e. The van der Waals surface area contributed by atoms with Gasteiger partial charge in [-0.3, -0.25) is 9.36 Å². The minimum absolute atomic E-state index is 0.00937. The van der Waals surface area contributed by atoms with E-state index in [0.717, 1.165) is 44.9 Å². The first-order valence-corrected chi connectivity index (χ1v) is 31.4. The lowest BCUT2D eigenvalue weighted by Crippen LogP contribution is -2.45. The number of phosphoric acid groups is 1. The van der Waals surface area contributed by atoms with Crippen LogP contribution in [0.5, 0.6) is 0 Å². The van der Waals surface area contributed by atoms with Gasteiger partial charge in [-0.25, -0.2) is 0 Å². The zero-order chi connectivity index (χ0) is 51.3. The Morgan fingerprint density at radius 2 is 0.857 bits per heavy atom. The summed E-state index contributed by atoms with van der Waals surface area (Å²) in [6.07, 6.45) is 69.9. The number of rotatable bonds is 55. The fourth-order valence-corrected chi connectivity index (χ4v) is 9.62. The average Bonchev–Trinajstić information content (AvgIpc) is 3.32. The molecule has 0 saturated heterocycles. The lowest BCUT2D eigenvalue weighted by atomic mass is 10.0. The molecule has 0 bridgehead atoms. The Bertz CT molecular complexity index is 1280. The molecule has 0 aromatic rings. The fourth-order valence-electron chi connectivity index (χ4n) is 8.90. The molecule has 1 amide bonds. The Kier molecular flexibility index (Phi) is 51.2. The van der Waals surface area contributed by atoms with Crippen molar-refractivity contribution in [1.82, 2.24) is 5.32 Å². The van der Waals surface area contributed by atoms with Crippen molar-refractivity contribution in [3.8, 4) is 0 Å². The van der Waals surface area contributed by atoms with Crippen LogP contribution < -0.4 is 10.2 Å². The quantitative estimate of drug-likeness (QED) is 0.0272. The maximum atomic E-state index is 12.9. The van der Waals surface area contributed by atoms with Gasteiger partial charge in [-0.15, -0.1) is 0 Å². The van der Waals surface area contributed by atoms with Crippen molar-refractivity contribution < 1.29 is 32.9 Å². The van der Waals surface area contributed by atoms with Crippen LogP contribution in [0.4, 0.5) is 0 Å². The summed E-state index contributed by atoms with van der Waals surface area (Å²) in [6.45, 7) is 4.40. The molecule has 0 fully saturated rings. The Hall–Kier alpha value is -1.54. The second kappa shape index (κ2) is 52.3. The van der Waals surface area contributed by atoms with Crippen molar-refractivity contribution >= 4 is 13.7 Å². The smallest absolute Gasteiger partial charge is 0.268 e. The van der Waals surface area contributed by atoms with Crippen LogP contribution in [-0.4, -0.2) is 68.5 Å². The third kappa shape index (κ3) is 54.2. The van der Waals surface area contributed by atoms with Gasteiger partial charge in [0.2, 0.25) is 5.91 Å². The second-order valence-electron chi connectivity index (χ2n) is 21.7. The topological polar surface area (TPSA) is 108 Å². The number of carbonyl (C=O) groups is 1. The van der Waals surface area contributed by atoms with E-state index in [4.69, 9.17) is 9.05 Å². The number of amides is 1. The molecule has 0 aliphatic heterocycles. The molecule has 0 radical (unpaired) electrons.